The molecule has 30 heavy (non-hydrogen) atoms. The van der Waals surface area contributed by atoms with E-state index in [1.165, 1.54) is 6.08 Å². The van der Waals surface area contributed by atoms with E-state index in [0.717, 1.165) is 19.5 Å². The van der Waals surface area contributed by atoms with Gasteiger partial charge >= 0.3 is 0 Å². The molecule has 11 heteroatoms. The van der Waals surface area contributed by atoms with Crippen molar-refractivity contribution >= 4 is 12.4 Å². The lowest BCUT2D eigenvalue weighted by Crippen LogP contribution is -1.92. The third-order valence-corrected chi connectivity index (χ3v) is 3.32. The topological polar surface area (TPSA) is 140 Å². The van der Waals surface area contributed by atoms with Crippen molar-refractivity contribution in [2.75, 3.05) is 20.6 Å². The maximum absolute atomic E-state index is 10.3. The SMILES string of the molecule is C.C[N+](=O)[O-].O=Cc1ccc2c(c1)OCO2.O=[N+]([O-])/C=C/c1ccc2c(c1)OCO2. The largest absolute Gasteiger partial charge is 0.454 e. The van der Waals surface area contributed by atoms with Crippen LogP contribution in [-0.4, -0.2) is 36.8 Å². The second-order valence-corrected chi connectivity index (χ2v) is 5.38. The van der Waals surface area contributed by atoms with E-state index in [4.69, 9.17) is 29.1 Å². The van der Waals surface area contributed by atoms with Gasteiger partial charge in [-0.05, 0) is 35.9 Å². The average molecular weight is 420 g/mol. The van der Waals surface area contributed by atoms with Crippen molar-refractivity contribution in [3.05, 3.63) is 74.0 Å². The fraction of sp³-hybridized carbons (Fsp3) is 0.211. The first-order valence-electron chi connectivity index (χ1n) is 8.03. The summed E-state index contributed by atoms with van der Waals surface area (Å²) in [4.78, 5) is 28.2. The van der Waals surface area contributed by atoms with Crippen LogP contribution >= 0.6 is 0 Å². The highest BCUT2D eigenvalue weighted by Crippen LogP contribution is 2.33. The molecule has 0 fully saturated rings. The number of hydrogen-bond donors (Lipinski definition) is 0. The van der Waals surface area contributed by atoms with E-state index in [-0.39, 0.29) is 21.0 Å². The summed E-state index contributed by atoms with van der Waals surface area (Å²) >= 11 is 0. The summed E-state index contributed by atoms with van der Waals surface area (Å²) in [6.45, 7) is 0.454. The van der Waals surface area contributed by atoms with Gasteiger partial charge in [0.1, 0.15) is 6.29 Å². The van der Waals surface area contributed by atoms with Gasteiger partial charge < -0.3 is 18.9 Å². The number of benzene rings is 2. The monoisotopic (exact) mass is 420 g/mol. The zero-order valence-electron chi connectivity index (χ0n) is 15.2. The minimum Gasteiger partial charge on any atom is -0.454 e. The second kappa shape index (κ2) is 11.6. The summed E-state index contributed by atoms with van der Waals surface area (Å²) in [5, 5.41) is 18.9. The van der Waals surface area contributed by atoms with Gasteiger partial charge in [0.2, 0.25) is 19.8 Å². The molecule has 2 aliphatic rings. The molecule has 0 atom stereocenters. The number of carbonyl (C=O) groups excluding carboxylic acids is 1. The smallest absolute Gasteiger partial charge is 0.235 e. The summed E-state index contributed by atoms with van der Waals surface area (Å²) in [6.07, 6.45) is 3.07. The van der Waals surface area contributed by atoms with Crippen molar-refractivity contribution in [1.82, 2.24) is 0 Å². The number of nitro groups is 2. The Bertz CT molecular complexity index is 924. The predicted octanol–water partition coefficient (Wildman–Crippen LogP) is 3.42. The van der Waals surface area contributed by atoms with Crippen molar-refractivity contribution in [2.45, 2.75) is 7.43 Å². The lowest BCUT2D eigenvalue weighted by molar-refractivity contribution is -0.445. The van der Waals surface area contributed by atoms with Crippen LogP contribution in [0.1, 0.15) is 23.3 Å². The molecule has 4 rings (SSSR count). The highest BCUT2D eigenvalue weighted by atomic mass is 16.7. The second-order valence-electron chi connectivity index (χ2n) is 5.38. The van der Waals surface area contributed by atoms with Gasteiger partial charge in [-0.3, -0.25) is 25.0 Å². The lowest BCUT2D eigenvalue weighted by Gasteiger charge is -1.95. The molecule has 0 spiro atoms. The van der Waals surface area contributed by atoms with E-state index in [2.05, 4.69) is 0 Å². The van der Waals surface area contributed by atoms with Crippen LogP contribution in [0.5, 0.6) is 23.0 Å². The Kier molecular flexibility index (Phi) is 9.27. The first-order chi connectivity index (χ1) is 13.9. The highest BCUT2D eigenvalue weighted by molar-refractivity contribution is 5.76. The quantitative estimate of drug-likeness (QED) is 0.415. The summed E-state index contributed by atoms with van der Waals surface area (Å²) < 4.78 is 20.3. The third-order valence-electron chi connectivity index (χ3n) is 3.32. The van der Waals surface area contributed by atoms with Crippen molar-refractivity contribution < 1.29 is 33.6 Å². The Labute approximate surface area is 171 Å². The zero-order valence-corrected chi connectivity index (χ0v) is 15.2. The number of aldehydes is 1. The first-order valence-corrected chi connectivity index (χ1v) is 8.03. The van der Waals surface area contributed by atoms with Crippen LogP contribution in [0, 0.1) is 20.2 Å². The fourth-order valence-electron chi connectivity index (χ4n) is 2.15. The normalized spacial score (nSPS) is 11.9. The molecule has 0 unspecified atom stereocenters. The molecule has 0 aromatic heterocycles. The van der Waals surface area contributed by atoms with Crippen molar-refractivity contribution in [2.24, 2.45) is 0 Å². The first kappa shape index (κ1) is 23.9. The third kappa shape index (κ3) is 7.46. The van der Waals surface area contributed by atoms with Gasteiger partial charge in [-0.2, -0.15) is 0 Å². The molecule has 0 saturated heterocycles. The van der Waals surface area contributed by atoms with Crippen LogP contribution in [0.4, 0.5) is 0 Å². The molecule has 0 radical (unpaired) electrons. The maximum atomic E-state index is 10.3. The summed E-state index contributed by atoms with van der Waals surface area (Å²) in [6, 6.07) is 10.2. The van der Waals surface area contributed by atoms with E-state index in [1.54, 1.807) is 36.4 Å². The van der Waals surface area contributed by atoms with Crippen LogP contribution in [0.3, 0.4) is 0 Å². The van der Waals surface area contributed by atoms with Crippen LogP contribution in [0.25, 0.3) is 6.08 Å². The van der Waals surface area contributed by atoms with Gasteiger partial charge in [-0.1, -0.05) is 13.5 Å². The molecule has 0 saturated carbocycles. The standard InChI is InChI=1S/C9H7NO4.C8H6O3.CH3NO2.CH4/c11-10(12)4-3-7-1-2-8-9(5-7)14-6-13-8;9-4-6-1-2-7-8(3-6)11-5-10-7;1-2(3)4;/h1-5H,6H2;1-4H,5H2;1H3;1H4/b4-3+;;;. The fourth-order valence-corrected chi connectivity index (χ4v) is 2.15. The van der Waals surface area contributed by atoms with Gasteiger partial charge in [0, 0.05) is 16.6 Å². The predicted molar refractivity (Wildman–Crippen MR) is 106 cm³/mol. The van der Waals surface area contributed by atoms with Gasteiger partial charge in [-0.15, -0.1) is 0 Å². The van der Waals surface area contributed by atoms with Crippen LogP contribution in [-0.2, 0) is 0 Å². The van der Waals surface area contributed by atoms with Gasteiger partial charge in [-0.25, -0.2) is 0 Å². The molecule has 11 nitrogen and oxygen atoms in total. The summed E-state index contributed by atoms with van der Waals surface area (Å²) in [7, 11) is 0.889. The Morgan fingerprint density at radius 3 is 1.73 bits per heavy atom. The van der Waals surface area contributed by atoms with Gasteiger partial charge in [0.15, 0.2) is 30.0 Å². The zero-order chi connectivity index (χ0) is 21.2. The minimum absolute atomic E-state index is 0. The van der Waals surface area contributed by atoms with Crippen molar-refractivity contribution in [1.29, 1.82) is 0 Å². The molecular formula is C19H20N2O9. The highest BCUT2D eigenvalue weighted by Gasteiger charge is 2.13. The molecular weight excluding hydrogens is 400 g/mol. The molecule has 2 aromatic carbocycles. The Morgan fingerprint density at radius 2 is 1.27 bits per heavy atom. The number of nitrogens with zero attached hydrogens (tertiary/aromatic N) is 2. The lowest BCUT2D eigenvalue weighted by atomic mass is 10.2. The molecule has 2 aliphatic heterocycles. The van der Waals surface area contributed by atoms with E-state index in [0.29, 0.717) is 34.1 Å². The van der Waals surface area contributed by atoms with Gasteiger partial charge in [0.25, 0.3) is 0 Å². The summed E-state index contributed by atoms with van der Waals surface area (Å²) in [5.41, 5.74) is 1.32. The Balaban J connectivity index is 0.000000253. The van der Waals surface area contributed by atoms with E-state index < -0.39 is 9.85 Å². The van der Waals surface area contributed by atoms with E-state index in [1.807, 2.05) is 0 Å². The Morgan fingerprint density at radius 1 is 0.833 bits per heavy atom. The molecule has 0 N–H and O–H groups in total. The van der Waals surface area contributed by atoms with Crippen LogP contribution < -0.4 is 18.9 Å². The van der Waals surface area contributed by atoms with Crippen molar-refractivity contribution in [3.63, 3.8) is 0 Å². The average Bonchev–Trinajstić information content (AvgIpc) is 3.34. The molecule has 0 bridgehead atoms. The number of fused-ring (bicyclic) bond motifs is 2. The van der Waals surface area contributed by atoms with E-state index >= 15 is 0 Å². The molecule has 0 aliphatic carbocycles. The Hall–Kier alpha value is -4.15. The molecule has 160 valence electrons. The number of carbonyl (C=O) groups is 1. The van der Waals surface area contributed by atoms with Crippen LogP contribution in [0.2, 0.25) is 0 Å². The van der Waals surface area contributed by atoms with Gasteiger partial charge in [0.05, 0.1) is 4.92 Å². The summed E-state index contributed by atoms with van der Waals surface area (Å²) in [5.74, 6) is 2.64. The maximum Gasteiger partial charge on any atom is 0.235 e. The minimum atomic E-state index is -0.509. The number of hydrogen-bond acceptors (Lipinski definition) is 9. The number of ether oxygens (including phenoxy) is 4. The van der Waals surface area contributed by atoms with Crippen molar-refractivity contribution in [3.8, 4) is 23.0 Å². The molecule has 2 aromatic rings. The van der Waals surface area contributed by atoms with Crippen LogP contribution in [0.15, 0.2) is 42.6 Å². The molecule has 0 amide bonds. The van der Waals surface area contributed by atoms with E-state index in [9.17, 15) is 14.9 Å². The number of rotatable bonds is 3. The molecule has 2 heterocycles.